The number of hydrogen-bond acceptors (Lipinski definition) is 5. The molecule has 0 bridgehead atoms. The lowest BCUT2D eigenvalue weighted by molar-refractivity contribution is 0.142. The van der Waals surface area contributed by atoms with Crippen LogP contribution in [0.25, 0.3) is 11.1 Å². The second kappa shape index (κ2) is 7.20. The monoisotopic (exact) mass is 364 g/mol. The first kappa shape index (κ1) is 17.2. The molecule has 1 atom stereocenters. The summed E-state index contributed by atoms with van der Waals surface area (Å²) in [7, 11) is 0. The highest BCUT2D eigenvalue weighted by Gasteiger charge is 2.28. The highest BCUT2D eigenvalue weighted by Crippen LogP contribution is 2.44. The van der Waals surface area contributed by atoms with Gasteiger partial charge in [0.2, 0.25) is 0 Å². The predicted molar refractivity (Wildman–Crippen MR) is 98.9 cm³/mol. The fourth-order valence-electron chi connectivity index (χ4n) is 3.38. The van der Waals surface area contributed by atoms with Crippen molar-refractivity contribution in [3.63, 3.8) is 0 Å². The number of aliphatic hydroxyl groups is 1. The highest BCUT2D eigenvalue weighted by molar-refractivity contribution is 5.79. The lowest BCUT2D eigenvalue weighted by atomic mass is 9.98. The smallest absolute Gasteiger partial charge is 0.407 e. The van der Waals surface area contributed by atoms with Gasteiger partial charge in [-0.05, 0) is 29.2 Å². The van der Waals surface area contributed by atoms with Crippen molar-refractivity contribution in [3.8, 4) is 11.1 Å². The minimum atomic E-state index is -0.760. The van der Waals surface area contributed by atoms with Gasteiger partial charge < -0.3 is 15.2 Å². The Labute approximate surface area is 156 Å². The number of nitrogens with one attached hydrogen (secondary N) is 2. The van der Waals surface area contributed by atoms with Crippen LogP contribution in [0.15, 0.2) is 48.5 Å². The largest absolute Gasteiger partial charge is 0.449 e. The average molecular weight is 364 g/mol. The highest BCUT2D eigenvalue weighted by atomic mass is 16.5. The summed E-state index contributed by atoms with van der Waals surface area (Å²) in [5.74, 6) is 0.772. The number of fused-ring (bicyclic) bond motifs is 3. The molecule has 1 amide bonds. The van der Waals surface area contributed by atoms with Crippen molar-refractivity contribution in [2.45, 2.75) is 25.5 Å². The van der Waals surface area contributed by atoms with Gasteiger partial charge in [0.15, 0.2) is 5.82 Å². The number of alkyl carbamates (subject to hydrolysis) is 1. The van der Waals surface area contributed by atoms with E-state index >= 15 is 0 Å². The standard InChI is InChI=1S/C20H20N4O3/c1-12(25)19-22-18(23-24-19)10-21-20(26)27-11-17-15-8-4-2-6-13(15)14-7-3-5-9-16(14)17/h2-9,12,17,25H,10-11H2,1H3,(H,21,26)(H,22,23,24)/t12-/m1/s1. The van der Waals surface area contributed by atoms with Gasteiger partial charge in [-0.1, -0.05) is 48.5 Å². The second-order valence-electron chi connectivity index (χ2n) is 6.50. The van der Waals surface area contributed by atoms with E-state index in [0.29, 0.717) is 11.6 Å². The second-order valence-corrected chi connectivity index (χ2v) is 6.50. The molecule has 1 heterocycles. The number of ether oxygens (including phenoxy) is 1. The van der Waals surface area contributed by atoms with Crippen molar-refractivity contribution < 1.29 is 14.6 Å². The number of aliphatic hydroxyl groups excluding tert-OH is 1. The molecule has 0 spiro atoms. The van der Waals surface area contributed by atoms with E-state index in [-0.39, 0.29) is 19.1 Å². The van der Waals surface area contributed by atoms with E-state index in [1.165, 1.54) is 22.3 Å². The number of H-pyrrole nitrogens is 1. The van der Waals surface area contributed by atoms with Crippen molar-refractivity contribution in [1.29, 1.82) is 0 Å². The summed E-state index contributed by atoms with van der Waals surface area (Å²) >= 11 is 0. The van der Waals surface area contributed by atoms with Crippen LogP contribution in [0.2, 0.25) is 0 Å². The first-order valence-electron chi connectivity index (χ1n) is 8.81. The molecule has 27 heavy (non-hydrogen) atoms. The van der Waals surface area contributed by atoms with Gasteiger partial charge in [-0.3, -0.25) is 5.10 Å². The quantitative estimate of drug-likeness (QED) is 0.646. The van der Waals surface area contributed by atoms with Crippen LogP contribution in [-0.4, -0.2) is 33.0 Å². The van der Waals surface area contributed by atoms with Crippen molar-refractivity contribution in [1.82, 2.24) is 20.5 Å². The van der Waals surface area contributed by atoms with Crippen LogP contribution in [0, 0.1) is 0 Å². The van der Waals surface area contributed by atoms with Gasteiger partial charge in [0.1, 0.15) is 18.5 Å². The molecule has 4 rings (SSSR count). The van der Waals surface area contributed by atoms with Gasteiger partial charge in [-0.25, -0.2) is 9.78 Å². The molecule has 1 aromatic heterocycles. The van der Waals surface area contributed by atoms with Gasteiger partial charge >= 0.3 is 6.09 Å². The Morgan fingerprint density at radius 1 is 1.19 bits per heavy atom. The van der Waals surface area contributed by atoms with Crippen molar-refractivity contribution in [2.75, 3.05) is 6.61 Å². The normalized spacial score (nSPS) is 13.7. The minimum Gasteiger partial charge on any atom is -0.449 e. The van der Waals surface area contributed by atoms with Crippen LogP contribution in [0.3, 0.4) is 0 Å². The summed E-state index contributed by atoms with van der Waals surface area (Å²) in [5.41, 5.74) is 4.72. The van der Waals surface area contributed by atoms with E-state index < -0.39 is 12.2 Å². The summed E-state index contributed by atoms with van der Waals surface area (Å²) in [5, 5.41) is 18.6. The fourth-order valence-corrected chi connectivity index (χ4v) is 3.38. The lowest BCUT2D eigenvalue weighted by Crippen LogP contribution is -2.26. The maximum absolute atomic E-state index is 12.1. The molecule has 2 aromatic carbocycles. The van der Waals surface area contributed by atoms with Crippen LogP contribution in [0.4, 0.5) is 4.79 Å². The number of hydrogen-bond donors (Lipinski definition) is 3. The molecular formula is C20H20N4O3. The first-order valence-corrected chi connectivity index (χ1v) is 8.81. The molecule has 0 saturated carbocycles. The van der Waals surface area contributed by atoms with Crippen LogP contribution < -0.4 is 5.32 Å². The number of aromatic nitrogens is 3. The molecule has 3 N–H and O–H groups in total. The fraction of sp³-hybridized carbons (Fsp3) is 0.250. The molecule has 0 saturated heterocycles. The molecule has 7 heteroatoms. The van der Waals surface area contributed by atoms with Crippen molar-refractivity contribution in [2.24, 2.45) is 0 Å². The number of rotatable bonds is 5. The Morgan fingerprint density at radius 3 is 2.41 bits per heavy atom. The van der Waals surface area contributed by atoms with Gasteiger partial charge in [-0.2, -0.15) is 5.10 Å². The van der Waals surface area contributed by atoms with Crippen LogP contribution in [0.5, 0.6) is 0 Å². The SMILES string of the molecule is C[C@@H](O)c1n[nH]c(CNC(=O)OCC2c3ccccc3-c3ccccc32)n1. The molecular weight excluding hydrogens is 344 g/mol. The van der Waals surface area contributed by atoms with E-state index in [2.05, 4.69) is 44.8 Å². The summed E-state index contributed by atoms with van der Waals surface area (Å²) in [6.45, 7) is 1.98. The lowest BCUT2D eigenvalue weighted by Gasteiger charge is -2.14. The van der Waals surface area contributed by atoms with Crippen LogP contribution >= 0.6 is 0 Å². The molecule has 1 aliphatic rings. The van der Waals surface area contributed by atoms with Gasteiger partial charge in [0.05, 0.1) is 6.54 Å². The molecule has 138 valence electrons. The molecule has 0 unspecified atom stereocenters. The molecule has 0 aliphatic heterocycles. The van der Waals surface area contributed by atoms with E-state index in [9.17, 15) is 9.90 Å². The van der Waals surface area contributed by atoms with Gasteiger partial charge in [0, 0.05) is 5.92 Å². The number of aromatic amines is 1. The third-order valence-electron chi connectivity index (χ3n) is 4.67. The first-order chi connectivity index (χ1) is 13.1. The molecule has 1 aliphatic carbocycles. The summed E-state index contributed by atoms with van der Waals surface area (Å²) < 4.78 is 5.45. The number of carbonyl (C=O) groups excluding carboxylic acids is 1. The maximum atomic E-state index is 12.1. The Kier molecular flexibility index (Phi) is 4.60. The summed E-state index contributed by atoms with van der Waals surface area (Å²) in [6, 6.07) is 16.4. The zero-order valence-corrected chi connectivity index (χ0v) is 14.8. The van der Waals surface area contributed by atoms with Gasteiger partial charge in [0.25, 0.3) is 0 Å². The molecule has 0 fully saturated rings. The Balaban J connectivity index is 1.39. The third-order valence-corrected chi connectivity index (χ3v) is 4.67. The molecule has 7 nitrogen and oxygen atoms in total. The average Bonchev–Trinajstić information content (AvgIpc) is 3.28. The van der Waals surface area contributed by atoms with Crippen molar-refractivity contribution >= 4 is 6.09 Å². The predicted octanol–water partition coefficient (Wildman–Crippen LogP) is 2.90. The third kappa shape index (κ3) is 3.41. The molecule has 3 aromatic rings. The summed E-state index contributed by atoms with van der Waals surface area (Å²) in [6.07, 6.45) is -1.28. The topological polar surface area (TPSA) is 100 Å². The Morgan fingerprint density at radius 2 is 1.81 bits per heavy atom. The number of carbonyl (C=O) groups is 1. The van der Waals surface area contributed by atoms with E-state index in [0.717, 1.165) is 0 Å². The van der Waals surface area contributed by atoms with Crippen molar-refractivity contribution in [3.05, 3.63) is 71.3 Å². The van der Waals surface area contributed by atoms with E-state index in [1.54, 1.807) is 6.92 Å². The van der Waals surface area contributed by atoms with Crippen LogP contribution in [0.1, 0.15) is 41.7 Å². The number of amides is 1. The van der Waals surface area contributed by atoms with E-state index in [1.807, 2.05) is 24.3 Å². The zero-order chi connectivity index (χ0) is 18.8. The number of nitrogens with zero attached hydrogens (tertiary/aromatic N) is 2. The zero-order valence-electron chi connectivity index (χ0n) is 14.8. The Hall–Kier alpha value is -3.19. The van der Waals surface area contributed by atoms with Crippen LogP contribution in [-0.2, 0) is 11.3 Å². The number of benzene rings is 2. The van der Waals surface area contributed by atoms with E-state index in [4.69, 9.17) is 4.74 Å². The minimum absolute atomic E-state index is 0.0234. The maximum Gasteiger partial charge on any atom is 0.407 e. The van der Waals surface area contributed by atoms with Gasteiger partial charge in [-0.15, -0.1) is 0 Å². The summed E-state index contributed by atoms with van der Waals surface area (Å²) in [4.78, 5) is 16.2. The Bertz CT molecular complexity index is 922. The molecule has 0 radical (unpaired) electrons.